The lowest BCUT2D eigenvalue weighted by Gasteiger charge is -2.11. The number of rotatable bonds is 5. The number of carbonyl (C=O) groups is 2. The molecular formula is C13H17N5O2S. The number of hydrogen-bond donors (Lipinski definition) is 2. The Balaban J connectivity index is 1.85. The SMILES string of the molecule is CC[C@H](C)NC(=O)NC(=O)CSc1nnc2ccccn12. The molecule has 112 valence electrons. The number of carbonyl (C=O) groups excluding carboxylic acids is 2. The number of imide groups is 1. The molecule has 0 aliphatic heterocycles. The van der Waals surface area contributed by atoms with Crippen LogP contribution in [-0.4, -0.2) is 38.3 Å². The van der Waals surface area contributed by atoms with E-state index in [1.165, 1.54) is 11.8 Å². The number of aromatic nitrogens is 3. The average molecular weight is 307 g/mol. The Morgan fingerprint density at radius 3 is 2.95 bits per heavy atom. The summed E-state index contributed by atoms with van der Waals surface area (Å²) in [4.78, 5) is 23.2. The van der Waals surface area contributed by atoms with E-state index < -0.39 is 6.03 Å². The summed E-state index contributed by atoms with van der Waals surface area (Å²) in [6.07, 6.45) is 2.63. The average Bonchev–Trinajstić information content (AvgIpc) is 2.88. The standard InChI is InChI=1S/C13H17N5O2S/c1-3-9(2)14-12(20)15-11(19)8-21-13-17-16-10-6-4-5-7-18(10)13/h4-7,9H,3,8H2,1-2H3,(H2,14,15,19,20)/t9-/m0/s1. The molecule has 0 aromatic carbocycles. The maximum absolute atomic E-state index is 11.7. The van der Waals surface area contributed by atoms with E-state index in [4.69, 9.17) is 0 Å². The van der Waals surface area contributed by atoms with E-state index in [2.05, 4.69) is 20.8 Å². The van der Waals surface area contributed by atoms with Crippen molar-refractivity contribution >= 4 is 29.3 Å². The number of fused-ring (bicyclic) bond motifs is 1. The molecule has 0 saturated heterocycles. The lowest BCUT2D eigenvalue weighted by Crippen LogP contribution is -2.43. The van der Waals surface area contributed by atoms with Crippen molar-refractivity contribution in [1.29, 1.82) is 0 Å². The van der Waals surface area contributed by atoms with Crippen molar-refractivity contribution in [2.75, 3.05) is 5.75 Å². The van der Waals surface area contributed by atoms with Gasteiger partial charge in [0.05, 0.1) is 5.75 Å². The molecule has 2 aromatic rings. The van der Waals surface area contributed by atoms with E-state index in [0.717, 1.165) is 12.1 Å². The Labute approximate surface area is 126 Å². The van der Waals surface area contributed by atoms with Crippen LogP contribution in [0.1, 0.15) is 20.3 Å². The minimum atomic E-state index is -0.471. The second-order valence-electron chi connectivity index (χ2n) is 4.53. The molecule has 0 aliphatic rings. The second-order valence-corrected chi connectivity index (χ2v) is 5.47. The van der Waals surface area contributed by atoms with Crippen molar-refractivity contribution in [1.82, 2.24) is 25.2 Å². The summed E-state index contributed by atoms with van der Waals surface area (Å²) in [6.45, 7) is 3.83. The summed E-state index contributed by atoms with van der Waals surface area (Å²) in [6, 6.07) is 5.12. The van der Waals surface area contributed by atoms with Crippen molar-refractivity contribution in [3.05, 3.63) is 24.4 Å². The van der Waals surface area contributed by atoms with Crippen LogP contribution in [0.4, 0.5) is 4.79 Å². The van der Waals surface area contributed by atoms with E-state index >= 15 is 0 Å². The van der Waals surface area contributed by atoms with Crippen LogP contribution in [0.5, 0.6) is 0 Å². The number of nitrogens with zero attached hydrogens (tertiary/aromatic N) is 3. The molecule has 0 unspecified atom stereocenters. The predicted molar refractivity (Wildman–Crippen MR) is 80.1 cm³/mol. The van der Waals surface area contributed by atoms with Crippen LogP contribution in [0.25, 0.3) is 5.65 Å². The lowest BCUT2D eigenvalue weighted by atomic mass is 10.3. The van der Waals surface area contributed by atoms with Crippen LogP contribution in [0, 0.1) is 0 Å². The van der Waals surface area contributed by atoms with Gasteiger partial charge in [0.25, 0.3) is 0 Å². The van der Waals surface area contributed by atoms with Crippen LogP contribution in [0.3, 0.4) is 0 Å². The first-order chi connectivity index (χ1) is 10.1. The summed E-state index contributed by atoms with van der Waals surface area (Å²) in [7, 11) is 0. The summed E-state index contributed by atoms with van der Waals surface area (Å²) < 4.78 is 1.79. The first kappa shape index (κ1) is 15.3. The zero-order valence-electron chi connectivity index (χ0n) is 11.9. The van der Waals surface area contributed by atoms with Crippen molar-refractivity contribution in [2.45, 2.75) is 31.5 Å². The van der Waals surface area contributed by atoms with Crippen LogP contribution >= 0.6 is 11.8 Å². The number of hydrogen-bond acceptors (Lipinski definition) is 5. The van der Waals surface area contributed by atoms with Crippen LogP contribution in [-0.2, 0) is 4.79 Å². The van der Waals surface area contributed by atoms with Gasteiger partial charge in [-0.2, -0.15) is 0 Å². The Morgan fingerprint density at radius 2 is 2.19 bits per heavy atom. The Bertz CT molecular complexity index is 642. The topological polar surface area (TPSA) is 88.4 Å². The third kappa shape index (κ3) is 4.19. The minimum Gasteiger partial charge on any atom is -0.335 e. The van der Waals surface area contributed by atoms with Gasteiger partial charge in [0.2, 0.25) is 5.91 Å². The summed E-state index contributed by atoms with van der Waals surface area (Å²) in [5, 5.41) is 13.6. The van der Waals surface area contributed by atoms with Gasteiger partial charge in [-0.15, -0.1) is 10.2 Å². The number of pyridine rings is 1. The largest absolute Gasteiger partial charge is 0.335 e. The zero-order valence-corrected chi connectivity index (χ0v) is 12.7. The molecule has 8 heteroatoms. The molecule has 0 aliphatic carbocycles. The summed E-state index contributed by atoms with van der Waals surface area (Å²) in [5.74, 6) is -0.266. The molecular weight excluding hydrogens is 290 g/mol. The van der Waals surface area contributed by atoms with Crippen LogP contribution in [0.15, 0.2) is 29.6 Å². The van der Waals surface area contributed by atoms with Gasteiger partial charge in [-0.05, 0) is 25.5 Å². The highest BCUT2D eigenvalue weighted by Gasteiger charge is 2.12. The fraction of sp³-hybridized carbons (Fsp3) is 0.385. The highest BCUT2D eigenvalue weighted by molar-refractivity contribution is 7.99. The van der Waals surface area contributed by atoms with Crippen LogP contribution < -0.4 is 10.6 Å². The van der Waals surface area contributed by atoms with Crippen molar-refractivity contribution in [2.24, 2.45) is 0 Å². The molecule has 2 aromatic heterocycles. The molecule has 2 heterocycles. The summed E-state index contributed by atoms with van der Waals surface area (Å²) in [5.41, 5.74) is 0.718. The van der Waals surface area contributed by atoms with Gasteiger partial charge in [0.1, 0.15) is 0 Å². The van der Waals surface area contributed by atoms with E-state index in [0.29, 0.717) is 5.16 Å². The van der Waals surface area contributed by atoms with Gasteiger partial charge in [0, 0.05) is 12.2 Å². The van der Waals surface area contributed by atoms with Gasteiger partial charge >= 0.3 is 6.03 Å². The number of thioether (sulfide) groups is 1. The highest BCUT2D eigenvalue weighted by atomic mass is 32.2. The molecule has 2 N–H and O–H groups in total. The van der Waals surface area contributed by atoms with Crippen LogP contribution in [0.2, 0.25) is 0 Å². The fourth-order valence-electron chi connectivity index (χ4n) is 1.57. The molecule has 21 heavy (non-hydrogen) atoms. The number of amides is 3. The van der Waals surface area contributed by atoms with Gasteiger partial charge in [-0.3, -0.25) is 14.5 Å². The fourth-order valence-corrected chi connectivity index (χ4v) is 2.30. The Hall–Kier alpha value is -2.09. The van der Waals surface area contributed by atoms with E-state index in [9.17, 15) is 9.59 Å². The molecule has 0 spiro atoms. The van der Waals surface area contributed by atoms with Gasteiger partial charge in [-0.1, -0.05) is 24.8 Å². The minimum absolute atomic E-state index is 0.0332. The van der Waals surface area contributed by atoms with Gasteiger partial charge in [-0.25, -0.2) is 4.79 Å². The van der Waals surface area contributed by atoms with E-state index in [1.54, 1.807) is 4.40 Å². The molecule has 0 fully saturated rings. The molecule has 0 bridgehead atoms. The van der Waals surface area contributed by atoms with E-state index in [-0.39, 0.29) is 17.7 Å². The normalized spacial score (nSPS) is 12.1. The highest BCUT2D eigenvalue weighted by Crippen LogP contribution is 2.15. The lowest BCUT2D eigenvalue weighted by molar-refractivity contribution is -0.117. The zero-order chi connectivity index (χ0) is 15.2. The van der Waals surface area contributed by atoms with E-state index in [1.807, 2.05) is 38.2 Å². The van der Waals surface area contributed by atoms with Gasteiger partial charge in [0.15, 0.2) is 10.8 Å². The Morgan fingerprint density at radius 1 is 1.38 bits per heavy atom. The maximum Gasteiger partial charge on any atom is 0.321 e. The number of nitrogens with one attached hydrogen (secondary N) is 2. The van der Waals surface area contributed by atoms with Gasteiger partial charge < -0.3 is 5.32 Å². The third-order valence-corrected chi connectivity index (χ3v) is 3.80. The van der Waals surface area contributed by atoms with Crippen molar-refractivity contribution in [3.63, 3.8) is 0 Å². The van der Waals surface area contributed by atoms with Crippen molar-refractivity contribution in [3.8, 4) is 0 Å². The Kier molecular flexibility index (Phi) is 5.15. The first-order valence-electron chi connectivity index (χ1n) is 6.63. The number of urea groups is 1. The van der Waals surface area contributed by atoms with Crippen molar-refractivity contribution < 1.29 is 9.59 Å². The second kappa shape index (κ2) is 7.07. The smallest absolute Gasteiger partial charge is 0.321 e. The maximum atomic E-state index is 11.7. The predicted octanol–water partition coefficient (Wildman–Crippen LogP) is 1.45. The summed E-state index contributed by atoms with van der Waals surface area (Å²) >= 11 is 1.23. The molecule has 0 saturated carbocycles. The molecule has 0 radical (unpaired) electrons. The first-order valence-corrected chi connectivity index (χ1v) is 7.61. The molecule has 7 nitrogen and oxygen atoms in total. The molecule has 2 rings (SSSR count). The third-order valence-electron chi connectivity index (χ3n) is 2.86. The monoisotopic (exact) mass is 307 g/mol. The quantitative estimate of drug-likeness (QED) is 0.816. The molecule has 3 amide bonds. The molecule has 1 atom stereocenters.